The number of amides is 1. The van der Waals surface area contributed by atoms with E-state index in [0.717, 1.165) is 17.7 Å². The molecule has 122 valence electrons. The molecule has 0 aromatic heterocycles. The second kappa shape index (κ2) is 7.61. The van der Waals surface area contributed by atoms with Crippen LogP contribution in [0.2, 0.25) is 0 Å². The molecule has 0 unspecified atom stereocenters. The van der Waals surface area contributed by atoms with Crippen LogP contribution in [-0.2, 0) is 9.53 Å². The van der Waals surface area contributed by atoms with Crippen LogP contribution in [0.15, 0.2) is 24.3 Å². The lowest BCUT2D eigenvalue weighted by molar-refractivity contribution is -0.141. The predicted octanol–water partition coefficient (Wildman–Crippen LogP) is 1.97. The van der Waals surface area contributed by atoms with Crippen LogP contribution < -0.4 is 10.5 Å². The minimum absolute atomic E-state index is 0.0190. The summed E-state index contributed by atoms with van der Waals surface area (Å²) >= 11 is 0. The standard InChI is InChI=1S/C17H26N2O3/c1-4-12(2)16(18)17(20)19-8-9-22-15(11-19)13-6-5-7-14(10-13)21-3/h5-7,10,12,15-16H,4,8-9,11,18H2,1-3H3/t12-,15+,16-/m0/s1. The van der Waals surface area contributed by atoms with Crippen molar-refractivity contribution in [1.29, 1.82) is 0 Å². The molecule has 0 radical (unpaired) electrons. The van der Waals surface area contributed by atoms with Crippen LogP contribution in [0.25, 0.3) is 0 Å². The van der Waals surface area contributed by atoms with E-state index in [1.54, 1.807) is 7.11 Å². The largest absolute Gasteiger partial charge is 0.497 e. The van der Waals surface area contributed by atoms with Gasteiger partial charge in [0.25, 0.3) is 0 Å². The number of methoxy groups -OCH3 is 1. The predicted molar refractivity (Wildman–Crippen MR) is 85.7 cm³/mol. The lowest BCUT2D eigenvalue weighted by Crippen LogP contribution is -2.51. The Bertz CT molecular complexity index is 506. The van der Waals surface area contributed by atoms with Crippen molar-refractivity contribution in [2.45, 2.75) is 32.4 Å². The number of rotatable bonds is 5. The van der Waals surface area contributed by atoms with E-state index in [1.165, 1.54) is 0 Å². The molecule has 5 heteroatoms. The maximum atomic E-state index is 12.5. The average Bonchev–Trinajstić information content (AvgIpc) is 2.59. The lowest BCUT2D eigenvalue weighted by Gasteiger charge is -2.35. The number of nitrogens with zero attached hydrogens (tertiary/aromatic N) is 1. The van der Waals surface area contributed by atoms with Gasteiger partial charge in [0, 0.05) is 6.54 Å². The Balaban J connectivity index is 2.06. The van der Waals surface area contributed by atoms with E-state index in [4.69, 9.17) is 15.2 Å². The molecule has 1 aliphatic rings. The van der Waals surface area contributed by atoms with Crippen molar-refractivity contribution >= 4 is 5.91 Å². The lowest BCUT2D eigenvalue weighted by atomic mass is 9.98. The molecule has 3 atom stereocenters. The van der Waals surface area contributed by atoms with Crippen molar-refractivity contribution in [3.8, 4) is 5.75 Å². The first-order valence-electron chi connectivity index (χ1n) is 7.86. The Morgan fingerprint density at radius 3 is 3.00 bits per heavy atom. The molecular formula is C17H26N2O3. The van der Waals surface area contributed by atoms with Gasteiger partial charge in [-0.15, -0.1) is 0 Å². The summed E-state index contributed by atoms with van der Waals surface area (Å²) in [6.07, 6.45) is 0.772. The van der Waals surface area contributed by atoms with Gasteiger partial charge < -0.3 is 20.1 Å². The highest BCUT2D eigenvalue weighted by Crippen LogP contribution is 2.26. The monoisotopic (exact) mass is 306 g/mol. The van der Waals surface area contributed by atoms with Gasteiger partial charge in [-0.25, -0.2) is 0 Å². The van der Waals surface area contributed by atoms with Crippen LogP contribution in [0.3, 0.4) is 0 Å². The first kappa shape index (κ1) is 16.8. The van der Waals surface area contributed by atoms with Crippen LogP contribution in [0, 0.1) is 5.92 Å². The molecule has 0 saturated carbocycles. The van der Waals surface area contributed by atoms with Crippen molar-refractivity contribution in [2.24, 2.45) is 11.7 Å². The van der Waals surface area contributed by atoms with Gasteiger partial charge in [-0.2, -0.15) is 0 Å². The zero-order valence-electron chi connectivity index (χ0n) is 13.6. The number of nitrogens with two attached hydrogens (primary N) is 1. The molecule has 0 bridgehead atoms. The van der Waals surface area contributed by atoms with E-state index in [9.17, 15) is 4.79 Å². The summed E-state index contributed by atoms with van der Waals surface area (Å²) in [4.78, 5) is 14.3. The van der Waals surface area contributed by atoms with Gasteiger partial charge in [-0.3, -0.25) is 4.79 Å². The molecule has 1 saturated heterocycles. The third kappa shape index (κ3) is 3.78. The van der Waals surface area contributed by atoms with E-state index in [0.29, 0.717) is 19.7 Å². The number of benzene rings is 1. The second-order valence-corrected chi connectivity index (χ2v) is 5.83. The molecular weight excluding hydrogens is 280 g/mol. The minimum Gasteiger partial charge on any atom is -0.497 e. The minimum atomic E-state index is -0.436. The highest BCUT2D eigenvalue weighted by Gasteiger charge is 2.30. The van der Waals surface area contributed by atoms with E-state index in [-0.39, 0.29) is 17.9 Å². The van der Waals surface area contributed by atoms with Crippen molar-refractivity contribution in [1.82, 2.24) is 4.90 Å². The van der Waals surface area contributed by atoms with E-state index < -0.39 is 6.04 Å². The van der Waals surface area contributed by atoms with Crippen LogP contribution in [0.5, 0.6) is 5.75 Å². The van der Waals surface area contributed by atoms with Crippen LogP contribution in [0.4, 0.5) is 0 Å². The fourth-order valence-electron chi connectivity index (χ4n) is 2.60. The molecule has 22 heavy (non-hydrogen) atoms. The number of hydrogen-bond acceptors (Lipinski definition) is 4. The SMILES string of the molecule is CC[C@H](C)[C@H](N)C(=O)N1CCO[C@@H](c2cccc(OC)c2)C1. The summed E-state index contributed by atoms with van der Waals surface area (Å²) in [7, 11) is 1.64. The zero-order chi connectivity index (χ0) is 16.1. The zero-order valence-corrected chi connectivity index (χ0v) is 13.6. The van der Waals surface area contributed by atoms with Gasteiger partial charge in [0.2, 0.25) is 5.91 Å². The molecule has 2 rings (SSSR count). The van der Waals surface area contributed by atoms with E-state index >= 15 is 0 Å². The molecule has 2 N–H and O–H groups in total. The Morgan fingerprint density at radius 2 is 2.32 bits per heavy atom. The van der Waals surface area contributed by atoms with Gasteiger partial charge in [0.1, 0.15) is 11.9 Å². The number of carbonyl (C=O) groups excluding carboxylic acids is 1. The first-order valence-corrected chi connectivity index (χ1v) is 7.86. The smallest absolute Gasteiger partial charge is 0.239 e. The molecule has 0 aliphatic carbocycles. The molecule has 1 aromatic carbocycles. The topological polar surface area (TPSA) is 64.8 Å². The van der Waals surface area contributed by atoms with Crippen LogP contribution in [-0.4, -0.2) is 43.7 Å². The summed E-state index contributed by atoms with van der Waals surface area (Å²) < 4.78 is 11.1. The highest BCUT2D eigenvalue weighted by molar-refractivity contribution is 5.82. The normalized spacial score (nSPS) is 21.3. The molecule has 1 fully saturated rings. The summed E-state index contributed by atoms with van der Waals surface area (Å²) in [5, 5.41) is 0. The Hall–Kier alpha value is -1.59. The van der Waals surface area contributed by atoms with Crippen molar-refractivity contribution in [3.63, 3.8) is 0 Å². The third-order valence-electron chi connectivity index (χ3n) is 4.39. The van der Waals surface area contributed by atoms with Gasteiger partial charge in [0.15, 0.2) is 0 Å². The van der Waals surface area contributed by atoms with E-state index in [2.05, 4.69) is 6.92 Å². The number of hydrogen-bond donors (Lipinski definition) is 1. The molecule has 1 heterocycles. The summed E-state index contributed by atoms with van der Waals surface area (Å²) in [5.74, 6) is 0.997. The molecule has 5 nitrogen and oxygen atoms in total. The second-order valence-electron chi connectivity index (χ2n) is 5.83. The van der Waals surface area contributed by atoms with Gasteiger partial charge in [-0.05, 0) is 23.6 Å². The Labute approximate surface area is 132 Å². The maximum absolute atomic E-state index is 12.5. The molecule has 1 aromatic rings. The van der Waals surface area contributed by atoms with Crippen molar-refractivity contribution < 1.29 is 14.3 Å². The van der Waals surface area contributed by atoms with Gasteiger partial charge >= 0.3 is 0 Å². The van der Waals surface area contributed by atoms with Crippen molar-refractivity contribution in [3.05, 3.63) is 29.8 Å². The Morgan fingerprint density at radius 1 is 1.55 bits per heavy atom. The maximum Gasteiger partial charge on any atom is 0.239 e. The van der Waals surface area contributed by atoms with Gasteiger partial charge in [0.05, 0.1) is 26.3 Å². The fraction of sp³-hybridized carbons (Fsp3) is 0.588. The summed E-state index contributed by atoms with van der Waals surface area (Å²) in [6, 6.07) is 7.34. The van der Waals surface area contributed by atoms with Crippen LogP contribution in [0.1, 0.15) is 31.9 Å². The number of morpholine rings is 1. The first-order chi connectivity index (χ1) is 10.6. The Kier molecular flexibility index (Phi) is 5.80. The quantitative estimate of drug-likeness (QED) is 0.903. The molecule has 1 aliphatic heterocycles. The summed E-state index contributed by atoms with van der Waals surface area (Å²) in [6.45, 7) is 5.74. The highest BCUT2D eigenvalue weighted by atomic mass is 16.5. The number of ether oxygens (including phenoxy) is 2. The van der Waals surface area contributed by atoms with Crippen molar-refractivity contribution in [2.75, 3.05) is 26.8 Å². The van der Waals surface area contributed by atoms with Crippen LogP contribution >= 0.6 is 0 Å². The van der Waals surface area contributed by atoms with Gasteiger partial charge in [-0.1, -0.05) is 32.4 Å². The third-order valence-corrected chi connectivity index (χ3v) is 4.39. The average molecular weight is 306 g/mol. The fourth-order valence-corrected chi connectivity index (χ4v) is 2.60. The molecule has 1 amide bonds. The number of carbonyl (C=O) groups is 1. The molecule has 0 spiro atoms. The summed E-state index contributed by atoms with van der Waals surface area (Å²) in [5.41, 5.74) is 7.10. The van der Waals surface area contributed by atoms with E-state index in [1.807, 2.05) is 36.1 Å².